The molecule has 0 unspecified atom stereocenters. The number of ether oxygens (including phenoxy) is 2. The van der Waals surface area contributed by atoms with E-state index >= 15 is 0 Å². The number of anilines is 1. The molecule has 0 radical (unpaired) electrons. The fourth-order valence-electron chi connectivity index (χ4n) is 2.37. The Morgan fingerprint density at radius 1 is 1.00 bits per heavy atom. The number of hydrogen-bond donors (Lipinski definition) is 2. The molecule has 3 rings (SSSR count). The highest BCUT2D eigenvalue weighted by Gasteiger charge is 2.22. The SMILES string of the molecule is COc1cc(OC)c(Cl)c(-c2nc(N[SH](=O)=O)c3cc(Cl)ncc3n2)c1Cl. The predicted octanol–water partition coefficient (Wildman–Crippen LogP) is 3.61. The smallest absolute Gasteiger partial charge is 0.223 e. The summed E-state index contributed by atoms with van der Waals surface area (Å²) in [6.45, 7) is 0. The van der Waals surface area contributed by atoms with Crippen molar-refractivity contribution in [1.82, 2.24) is 15.0 Å². The van der Waals surface area contributed by atoms with Gasteiger partial charge in [0.05, 0.1) is 41.5 Å². The molecule has 0 aliphatic heterocycles. The van der Waals surface area contributed by atoms with E-state index in [1.165, 1.54) is 32.5 Å². The molecule has 2 heterocycles. The number of hydrogen-bond acceptors (Lipinski definition) is 7. The molecule has 0 amide bonds. The van der Waals surface area contributed by atoms with Gasteiger partial charge in [0, 0.05) is 11.5 Å². The minimum Gasteiger partial charge on any atom is -0.495 e. The van der Waals surface area contributed by atoms with Crippen molar-refractivity contribution in [2.75, 3.05) is 18.9 Å². The van der Waals surface area contributed by atoms with Crippen LogP contribution in [-0.2, 0) is 10.9 Å². The number of pyridine rings is 1. The summed E-state index contributed by atoms with van der Waals surface area (Å²) in [6, 6.07) is 2.96. The van der Waals surface area contributed by atoms with Crippen molar-refractivity contribution in [3.8, 4) is 22.9 Å². The number of fused-ring (bicyclic) bond motifs is 1. The van der Waals surface area contributed by atoms with Gasteiger partial charge < -0.3 is 9.47 Å². The molecular formula is C15H11Cl3N4O4S. The Labute approximate surface area is 170 Å². The fourth-order valence-corrected chi connectivity index (χ4v) is 3.54. The second-order valence-electron chi connectivity index (χ2n) is 5.07. The van der Waals surface area contributed by atoms with Crippen molar-refractivity contribution in [2.45, 2.75) is 0 Å². The summed E-state index contributed by atoms with van der Waals surface area (Å²) in [4.78, 5) is 12.6. The minimum atomic E-state index is -2.99. The molecule has 0 saturated heterocycles. The number of rotatable bonds is 5. The van der Waals surface area contributed by atoms with Crippen LogP contribution in [-0.4, -0.2) is 37.6 Å². The number of halogens is 3. The van der Waals surface area contributed by atoms with Gasteiger partial charge in [-0.1, -0.05) is 34.8 Å². The zero-order valence-electron chi connectivity index (χ0n) is 13.8. The highest BCUT2D eigenvalue weighted by atomic mass is 35.5. The highest BCUT2D eigenvalue weighted by Crippen LogP contribution is 2.45. The molecule has 3 aromatic rings. The van der Waals surface area contributed by atoms with E-state index in [-0.39, 0.29) is 43.9 Å². The molecule has 2 aromatic heterocycles. The van der Waals surface area contributed by atoms with Gasteiger partial charge in [0.25, 0.3) is 0 Å². The average molecular weight is 450 g/mol. The largest absolute Gasteiger partial charge is 0.495 e. The summed E-state index contributed by atoms with van der Waals surface area (Å²) in [5.41, 5.74) is 0.549. The third-order valence-corrected chi connectivity index (χ3v) is 4.89. The van der Waals surface area contributed by atoms with Gasteiger partial charge in [-0.3, -0.25) is 4.72 Å². The first-order valence-electron chi connectivity index (χ1n) is 7.20. The Hall–Kier alpha value is -2.07. The number of benzene rings is 1. The molecule has 0 aliphatic carbocycles. The molecule has 8 nitrogen and oxygen atoms in total. The van der Waals surface area contributed by atoms with Gasteiger partial charge in [0.1, 0.15) is 16.7 Å². The van der Waals surface area contributed by atoms with E-state index in [0.29, 0.717) is 10.9 Å². The van der Waals surface area contributed by atoms with Gasteiger partial charge in [-0.2, -0.15) is 0 Å². The van der Waals surface area contributed by atoms with Crippen LogP contribution in [0.25, 0.3) is 22.3 Å². The fraction of sp³-hybridized carbons (Fsp3) is 0.133. The van der Waals surface area contributed by atoms with Gasteiger partial charge in [-0.25, -0.2) is 23.4 Å². The first-order chi connectivity index (χ1) is 12.8. The minimum absolute atomic E-state index is 0.00401. The third kappa shape index (κ3) is 3.81. The van der Waals surface area contributed by atoms with Crippen molar-refractivity contribution < 1.29 is 17.9 Å². The maximum atomic E-state index is 11.2. The van der Waals surface area contributed by atoms with Gasteiger partial charge in [0.2, 0.25) is 10.9 Å². The Bertz CT molecular complexity index is 1090. The summed E-state index contributed by atoms with van der Waals surface area (Å²) in [5, 5.41) is 0.797. The van der Waals surface area contributed by atoms with E-state index in [4.69, 9.17) is 44.3 Å². The van der Waals surface area contributed by atoms with Crippen molar-refractivity contribution in [3.63, 3.8) is 0 Å². The summed E-state index contributed by atoms with van der Waals surface area (Å²) in [7, 11) is -0.132. The number of methoxy groups -OCH3 is 2. The molecule has 0 saturated carbocycles. The Morgan fingerprint density at radius 3 is 2.19 bits per heavy atom. The molecule has 12 heteroatoms. The van der Waals surface area contributed by atoms with E-state index in [0.717, 1.165) is 0 Å². The second kappa shape index (κ2) is 7.89. The van der Waals surface area contributed by atoms with Gasteiger partial charge >= 0.3 is 0 Å². The molecule has 0 spiro atoms. The zero-order valence-corrected chi connectivity index (χ0v) is 17.0. The molecule has 0 fully saturated rings. The average Bonchev–Trinajstić information content (AvgIpc) is 2.62. The van der Waals surface area contributed by atoms with Crippen molar-refractivity contribution in [1.29, 1.82) is 0 Å². The summed E-state index contributed by atoms with van der Waals surface area (Å²) < 4.78 is 35.1. The normalized spacial score (nSPS) is 11.0. The van der Waals surface area contributed by atoms with Crippen molar-refractivity contribution >= 4 is 62.4 Å². The van der Waals surface area contributed by atoms with Gasteiger partial charge in [0.15, 0.2) is 11.6 Å². The molecule has 0 bridgehead atoms. The first-order valence-corrected chi connectivity index (χ1v) is 9.51. The standard InChI is InChI=1S/C15H11Cl3N4O4S/c1-25-8-4-9(26-2)13(18)11(12(8)17)15-20-7-5-19-10(16)3-6(7)14(21-15)22-27(23)24/h3-5,27H,1-2H3,(H,20,21,22,23,24). The van der Waals surface area contributed by atoms with Crippen LogP contribution >= 0.6 is 34.8 Å². The lowest BCUT2D eigenvalue weighted by Gasteiger charge is -2.15. The monoisotopic (exact) mass is 448 g/mol. The summed E-state index contributed by atoms with van der Waals surface area (Å²) in [6.07, 6.45) is 1.38. The number of aromatic nitrogens is 3. The van der Waals surface area contributed by atoms with E-state index in [9.17, 15) is 8.42 Å². The first kappa shape index (κ1) is 19.7. The zero-order chi connectivity index (χ0) is 19.7. The van der Waals surface area contributed by atoms with Gasteiger partial charge in [-0.15, -0.1) is 0 Å². The lowest BCUT2D eigenvalue weighted by molar-refractivity contribution is 0.395. The summed E-state index contributed by atoms with van der Waals surface area (Å²) >= 11 is 18.7. The van der Waals surface area contributed by atoms with E-state index in [2.05, 4.69) is 19.7 Å². The van der Waals surface area contributed by atoms with Crippen LogP contribution in [0.15, 0.2) is 18.3 Å². The van der Waals surface area contributed by atoms with E-state index in [1.807, 2.05) is 0 Å². The highest BCUT2D eigenvalue weighted by molar-refractivity contribution is 7.73. The van der Waals surface area contributed by atoms with Crippen molar-refractivity contribution in [2.24, 2.45) is 0 Å². The number of thiol groups is 1. The van der Waals surface area contributed by atoms with Gasteiger partial charge in [-0.05, 0) is 6.07 Å². The lowest BCUT2D eigenvalue weighted by atomic mass is 10.1. The molecule has 27 heavy (non-hydrogen) atoms. The number of nitrogens with zero attached hydrogens (tertiary/aromatic N) is 3. The Morgan fingerprint density at radius 2 is 1.63 bits per heavy atom. The van der Waals surface area contributed by atoms with Crippen LogP contribution in [0.3, 0.4) is 0 Å². The molecular weight excluding hydrogens is 439 g/mol. The van der Waals surface area contributed by atoms with Crippen LogP contribution in [0.1, 0.15) is 0 Å². The quantitative estimate of drug-likeness (QED) is 0.453. The van der Waals surface area contributed by atoms with Crippen LogP contribution < -0.4 is 14.2 Å². The number of nitrogens with one attached hydrogen (secondary N) is 1. The van der Waals surface area contributed by atoms with Crippen LogP contribution in [0, 0.1) is 0 Å². The van der Waals surface area contributed by atoms with E-state index in [1.54, 1.807) is 0 Å². The van der Waals surface area contributed by atoms with Crippen molar-refractivity contribution in [3.05, 3.63) is 33.5 Å². The lowest BCUT2D eigenvalue weighted by Crippen LogP contribution is -2.03. The molecule has 1 aromatic carbocycles. The molecule has 142 valence electrons. The third-order valence-electron chi connectivity index (χ3n) is 3.54. The van der Waals surface area contributed by atoms with Crippen LogP contribution in [0.5, 0.6) is 11.5 Å². The topological polar surface area (TPSA) is 103 Å². The maximum absolute atomic E-state index is 11.2. The van der Waals surface area contributed by atoms with Crippen LogP contribution in [0.2, 0.25) is 15.2 Å². The molecule has 1 N–H and O–H groups in total. The Kier molecular flexibility index (Phi) is 5.75. The van der Waals surface area contributed by atoms with E-state index < -0.39 is 10.9 Å². The molecule has 0 atom stereocenters. The Balaban J connectivity index is 2.37. The molecule has 0 aliphatic rings. The predicted molar refractivity (Wildman–Crippen MR) is 105 cm³/mol. The second-order valence-corrected chi connectivity index (χ2v) is 6.95. The van der Waals surface area contributed by atoms with Crippen LogP contribution in [0.4, 0.5) is 5.82 Å². The summed E-state index contributed by atoms with van der Waals surface area (Å²) in [5.74, 6) is 0.632. The maximum Gasteiger partial charge on any atom is 0.223 e.